The molecule has 0 aromatic heterocycles. The zero-order chi connectivity index (χ0) is 14.9. The summed E-state index contributed by atoms with van der Waals surface area (Å²) in [4.78, 5) is 21.2. The smallest absolute Gasteiger partial charge is 0.342 e. The summed E-state index contributed by atoms with van der Waals surface area (Å²) in [6.45, 7) is 1.86. The Balaban J connectivity index is 2.61. The molecule has 0 unspecified atom stereocenters. The molecule has 2 aromatic rings. The summed E-state index contributed by atoms with van der Waals surface area (Å²) >= 11 is 5.96. The molecule has 0 aliphatic rings. The Kier molecular flexibility index (Phi) is 3.72. The molecule has 102 valence electrons. The Morgan fingerprint density at radius 1 is 1.20 bits per heavy atom. The van der Waals surface area contributed by atoms with Crippen molar-refractivity contribution in [3.05, 3.63) is 62.7 Å². The second kappa shape index (κ2) is 5.30. The molecule has 0 radical (unpaired) electrons. The molecule has 1 N–H and O–H groups in total. The maximum Gasteiger partial charge on any atom is 0.342 e. The Morgan fingerprint density at radius 2 is 1.90 bits per heavy atom. The van der Waals surface area contributed by atoms with Gasteiger partial charge in [-0.1, -0.05) is 23.7 Å². The first-order valence-corrected chi connectivity index (χ1v) is 6.05. The standard InChI is InChI=1S/C14H10ClNO4/c1-8-4-10(6-11(15)5-8)9-2-3-12(14(17)18)13(7-9)16(19)20/h2-7H,1H3,(H,17,18). The molecule has 0 heterocycles. The Bertz CT molecular complexity index is 692. The molecule has 0 saturated carbocycles. The van der Waals surface area contributed by atoms with Crippen LogP contribution < -0.4 is 0 Å². The van der Waals surface area contributed by atoms with Crippen molar-refractivity contribution in [1.82, 2.24) is 0 Å². The highest BCUT2D eigenvalue weighted by Gasteiger charge is 2.20. The first-order chi connectivity index (χ1) is 9.38. The van der Waals surface area contributed by atoms with E-state index < -0.39 is 16.6 Å². The summed E-state index contributed by atoms with van der Waals surface area (Å²) < 4.78 is 0. The number of halogens is 1. The molecule has 0 aliphatic heterocycles. The van der Waals surface area contributed by atoms with Crippen LogP contribution in [0.1, 0.15) is 15.9 Å². The number of carbonyl (C=O) groups is 1. The minimum absolute atomic E-state index is 0.336. The molecule has 5 nitrogen and oxygen atoms in total. The van der Waals surface area contributed by atoms with Crippen molar-refractivity contribution >= 4 is 23.3 Å². The summed E-state index contributed by atoms with van der Waals surface area (Å²) in [5, 5.41) is 20.4. The lowest BCUT2D eigenvalue weighted by Crippen LogP contribution is -2.02. The van der Waals surface area contributed by atoms with Gasteiger partial charge in [0, 0.05) is 11.1 Å². The van der Waals surface area contributed by atoms with E-state index in [9.17, 15) is 14.9 Å². The van der Waals surface area contributed by atoms with Gasteiger partial charge in [0.1, 0.15) is 5.56 Å². The molecule has 0 amide bonds. The van der Waals surface area contributed by atoms with Crippen molar-refractivity contribution < 1.29 is 14.8 Å². The van der Waals surface area contributed by atoms with Crippen molar-refractivity contribution in [2.75, 3.05) is 0 Å². The van der Waals surface area contributed by atoms with E-state index >= 15 is 0 Å². The van der Waals surface area contributed by atoms with Gasteiger partial charge in [-0.25, -0.2) is 4.79 Å². The fourth-order valence-electron chi connectivity index (χ4n) is 1.95. The number of aryl methyl sites for hydroxylation is 1. The zero-order valence-electron chi connectivity index (χ0n) is 10.5. The van der Waals surface area contributed by atoms with Crippen LogP contribution in [0.3, 0.4) is 0 Å². The number of hydrogen-bond acceptors (Lipinski definition) is 3. The van der Waals surface area contributed by atoms with Gasteiger partial charge < -0.3 is 5.11 Å². The van der Waals surface area contributed by atoms with E-state index in [1.807, 2.05) is 13.0 Å². The van der Waals surface area contributed by atoms with Crippen LogP contribution in [0.25, 0.3) is 11.1 Å². The van der Waals surface area contributed by atoms with E-state index in [0.29, 0.717) is 16.1 Å². The van der Waals surface area contributed by atoms with Crippen LogP contribution in [0.5, 0.6) is 0 Å². The number of carboxylic acid groups (broad SMARTS) is 1. The molecular weight excluding hydrogens is 282 g/mol. The molecule has 2 rings (SSSR count). The third-order valence-electron chi connectivity index (χ3n) is 2.80. The summed E-state index contributed by atoms with van der Waals surface area (Å²) in [5.41, 5.74) is 1.39. The summed E-state index contributed by atoms with van der Waals surface area (Å²) in [5.74, 6) is -1.33. The van der Waals surface area contributed by atoms with Gasteiger partial charge in [-0.05, 0) is 41.8 Å². The van der Waals surface area contributed by atoms with Crippen LogP contribution >= 0.6 is 11.6 Å². The highest BCUT2D eigenvalue weighted by atomic mass is 35.5. The van der Waals surface area contributed by atoms with Crippen LogP contribution in [0.2, 0.25) is 5.02 Å². The van der Waals surface area contributed by atoms with Crippen molar-refractivity contribution in [1.29, 1.82) is 0 Å². The number of aromatic carboxylic acids is 1. The predicted molar refractivity (Wildman–Crippen MR) is 75.2 cm³/mol. The van der Waals surface area contributed by atoms with Crippen molar-refractivity contribution in [2.45, 2.75) is 6.92 Å². The molecule has 6 heteroatoms. The molecule has 0 atom stereocenters. The largest absolute Gasteiger partial charge is 0.477 e. The number of benzene rings is 2. The lowest BCUT2D eigenvalue weighted by atomic mass is 10.0. The number of carboxylic acids is 1. The van der Waals surface area contributed by atoms with Crippen molar-refractivity contribution in [2.24, 2.45) is 0 Å². The van der Waals surface area contributed by atoms with Gasteiger partial charge >= 0.3 is 5.97 Å². The van der Waals surface area contributed by atoms with Crippen molar-refractivity contribution in [3.63, 3.8) is 0 Å². The van der Waals surface area contributed by atoms with Gasteiger partial charge in [0.05, 0.1) is 4.92 Å². The monoisotopic (exact) mass is 291 g/mol. The van der Waals surface area contributed by atoms with Crippen LogP contribution in [-0.4, -0.2) is 16.0 Å². The lowest BCUT2D eigenvalue weighted by Gasteiger charge is -2.06. The van der Waals surface area contributed by atoms with Gasteiger partial charge in [0.15, 0.2) is 0 Å². The number of nitro groups is 1. The maximum atomic E-state index is 11.0. The molecule has 0 fully saturated rings. The maximum absolute atomic E-state index is 11.0. The highest BCUT2D eigenvalue weighted by Crippen LogP contribution is 2.29. The second-order valence-electron chi connectivity index (χ2n) is 4.31. The van der Waals surface area contributed by atoms with Crippen LogP contribution in [0, 0.1) is 17.0 Å². The Morgan fingerprint density at radius 3 is 2.45 bits per heavy atom. The molecule has 0 bridgehead atoms. The van der Waals surface area contributed by atoms with Crippen LogP contribution in [0.15, 0.2) is 36.4 Å². The molecule has 20 heavy (non-hydrogen) atoms. The van der Waals surface area contributed by atoms with Gasteiger partial charge in [0.25, 0.3) is 5.69 Å². The number of rotatable bonds is 3. The average molecular weight is 292 g/mol. The minimum atomic E-state index is -1.33. The molecule has 0 saturated heterocycles. The fraction of sp³-hybridized carbons (Fsp3) is 0.0714. The first-order valence-electron chi connectivity index (χ1n) is 5.68. The van der Waals surface area contributed by atoms with Crippen LogP contribution in [-0.2, 0) is 0 Å². The SMILES string of the molecule is Cc1cc(Cl)cc(-c2ccc(C(=O)O)c([N+](=O)[O-])c2)c1. The van der Waals surface area contributed by atoms with Gasteiger partial charge in [-0.15, -0.1) is 0 Å². The topological polar surface area (TPSA) is 80.4 Å². The van der Waals surface area contributed by atoms with Crippen molar-refractivity contribution in [3.8, 4) is 11.1 Å². The van der Waals surface area contributed by atoms with Gasteiger partial charge in [-0.2, -0.15) is 0 Å². The fourth-order valence-corrected chi connectivity index (χ4v) is 2.24. The molecule has 2 aromatic carbocycles. The van der Waals surface area contributed by atoms with E-state index in [2.05, 4.69) is 0 Å². The molecule has 0 spiro atoms. The van der Waals surface area contributed by atoms with E-state index in [1.54, 1.807) is 12.1 Å². The van der Waals surface area contributed by atoms with E-state index in [1.165, 1.54) is 18.2 Å². The zero-order valence-corrected chi connectivity index (χ0v) is 11.2. The summed E-state index contributed by atoms with van der Waals surface area (Å²) in [7, 11) is 0. The minimum Gasteiger partial charge on any atom is -0.477 e. The first kappa shape index (κ1) is 14.0. The highest BCUT2D eigenvalue weighted by molar-refractivity contribution is 6.31. The quantitative estimate of drug-likeness (QED) is 0.686. The van der Waals surface area contributed by atoms with E-state index in [-0.39, 0.29) is 5.56 Å². The third kappa shape index (κ3) is 2.78. The Labute approximate surface area is 119 Å². The molecular formula is C14H10ClNO4. The molecule has 0 aliphatic carbocycles. The normalized spacial score (nSPS) is 10.3. The second-order valence-corrected chi connectivity index (χ2v) is 4.75. The lowest BCUT2D eigenvalue weighted by molar-refractivity contribution is -0.385. The van der Waals surface area contributed by atoms with E-state index in [4.69, 9.17) is 16.7 Å². The van der Waals surface area contributed by atoms with E-state index in [0.717, 1.165) is 5.56 Å². The number of hydrogen-bond donors (Lipinski definition) is 1. The summed E-state index contributed by atoms with van der Waals surface area (Å²) in [6, 6.07) is 9.27. The number of nitro benzene ring substituents is 1. The Hall–Kier alpha value is -2.40. The van der Waals surface area contributed by atoms with Crippen LogP contribution in [0.4, 0.5) is 5.69 Å². The summed E-state index contributed by atoms with van der Waals surface area (Å²) in [6.07, 6.45) is 0. The number of nitrogens with zero attached hydrogens (tertiary/aromatic N) is 1. The predicted octanol–water partition coefficient (Wildman–Crippen LogP) is 3.92. The third-order valence-corrected chi connectivity index (χ3v) is 3.02. The average Bonchev–Trinajstić information content (AvgIpc) is 2.36. The van der Waals surface area contributed by atoms with Gasteiger partial charge in [-0.3, -0.25) is 10.1 Å². The van der Waals surface area contributed by atoms with Gasteiger partial charge in [0.2, 0.25) is 0 Å².